The molecule has 0 atom stereocenters. The van der Waals surface area contributed by atoms with Crippen molar-refractivity contribution in [2.75, 3.05) is 23.7 Å². The van der Waals surface area contributed by atoms with E-state index < -0.39 is 0 Å². The van der Waals surface area contributed by atoms with Gasteiger partial charge in [0.1, 0.15) is 0 Å². The minimum Gasteiger partial charge on any atom is -0.326 e. The number of rotatable bonds is 3. The van der Waals surface area contributed by atoms with E-state index in [4.69, 9.17) is 0 Å². The van der Waals surface area contributed by atoms with Crippen molar-refractivity contribution in [2.24, 2.45) is 5.92 Å². The first-order valence-electron chi connectivity index (χ1n) is 9.60. The molecule has 5 heteroatoms. The van der Waals surface area contributed by atoms with Gasteiger partial charge in [-0.1, -0.05) is 54.6 Å². The number of likely N-dealkylation sites (tertiary alicyclic amines) is 1. The van der Waals surface area contributed by atoms with Crippen LogP contribution in [0, 0.1) is 5.92 Å². The Bertz CT molecular complexity index is 974. The Morgan fingerprint density at radius 3 is 2.25 bits per heavy atom. The number of nitrogens with zero attached hydrogens (tertiary/aromatic N) is 1. The molecular weight excluding hydrogens is 350 g/mol. The molecule has 1 aliphatic rings. The van der Waals surface area contributed by atoms with Crippen LogP contribution in [0.15, 0.2) is 72.8 Å². The highest BCUT2D eigenvalue weighted by molar-refractivity contribution is 6.01. The second-order valence-corrected chi connectivity index (χ2v) is 7.07. The molecule has 28 heavy (non-hydrogen) atoms. The van der Waals surface area contributed by atoms with Gasteiger partial charge in [-0.2, -0.15) is 0 Å². The lowest BCUT2D eigenvalue weighted by molar-refractivity contribution is -0.121. The smallest absolute Gasteiger partial charge is 0.321 e. The summed E-state index contributed by atoms with van der Waals surface area (Å²) in [6.45, 7) is 1.15. The third kappa shape index (κ3) is 3.98. The first-order chi connectivity index (χ1) is 13.7. The molecule has 1 saturated heterocycles. The monoisotopic (exact) mass is 373 g/mol. The third-order valence-electron chi connectivity index (χ3n) is 5.23. The Labute approximate surface area is 164 Å². The molecule has 0 bridgehead atoms. The van der Waals surface area contributed by atoms with E-state index in [2.05, 4.69) is 10.6 Å². The number of para-hydroxylation sites is 1. The Balaban J connectivity index is 1.34. The second kappa shape index (κ2) is 8.13. The zero-order valence-corrected chi connectivity index (χ0v) is 15.6. The minimum absolute atomic E-state index is 0.0281. The molecule has 3 amide bonds. The van der Waals surface area contributed by atoms with Crippen LogP contribution in [-0.4, -0.2) is 29.9 Å². The highest BCUT2D eigenvalue weighted by Crippen LogP contribution is 2.25. The number of hydrogen-bond acceptors (Lipinski definition) is 2. The molecule has 3 aromatic carbocycles. The van der Waals surface area contributed by atoms with Gasteiger partial charge in [-0.15, -0.1) is 0 Å². The number of fused-ring (bicyclic) bond motifs is 1. The molecule has 0 aromatic heterocycles. The van der Waals surface area contributed by atoms with Crippen molar-refractivity contribution < 1.29 is 9.59 Å². The van der Waals surface area contributed by atoms with E-state index in [9.17, 15) is 9.59 Å². The van der Waals surface area contributed by atoms with Crippen molar-refractivity contribution in [3.05, 3.63) is 72.8 Å². The topological polar surface area (TPSA) is 61.4 Å². The summed E-state index contributed by atoms with van der Waals surface area (Å²) in [6.07, 6.45) is 1.34. The fraction of sp³-hybridized carbons (Fsp3) is 0.217. The van der Waals surface area contributed by atoms with Gasteiger partial charge in [0.25, 0.3) is 0 Å². The van der Waals surface area contributed by atoms with Gasteiger partial charge in [0.15, 0.2) is 0 Å². The van der Waals surface area contributed by atoms with E-state index in [0.717, 1.165) is 22.1 Å². The Morgan fingerprint density at radius 1 is 0.786 bits per heavy atom. The average molecular weight is 373 g/mol. The van der Waals surface area contributed by atoms with Crippen molar-refractivity contribution in [3.8, 4) is 0 Å². The van der Waals surface area contributed by atoms with Crippen molar-refractivity contribution >= 4 is 34.1 Å². The van der Waals surface area contributed by atoms with Crippen LogP contribution in [-0.2, 0) is 4.79 Å². The molecule has 1 fully saturated rings. The summed E-state index contributed by atoms with van der Waals surface area (Å²) in [7, 11) is 0. The maximum absolute atomic E-state index is 12.7. The summed E-state index contributed by atoms with van der Waals surface area (Å²) in [5.41, 5.74) is 1.62. The molecule has 3 aromatic rings. The molecule has 0 aliphatic carbocycles. The largest absolute Gasteiger partial charge is 0.326 e. The van der Waals surface area contributed by atoms with Crippen LogP contribution in [0.1, 0.15) is 12.8 Å². The molecule has 1 heterocycles. The molecule has 5 nitrogen and oxygen atoms in total. The first kappa shape index (κ1) is 18.0. The lowest BCUT2D eigenvalue weighted by Gasteiger charge is -2.31. The summed E-state index contributed by atoms with van der Waals surface area (Å²) < 4.78 is 0. The average Bonchev–Trinajstić information content (AvgIpc) is 2.75. The lowest BCUT2D eigenvalue weighted by Crippen LogP contribution is -2.43. The number of carbonyl (C=O) groups excluding carboxylic acids is 2. The van der Waals surface area contributed by atoms with Crippen LogP contribution in [0.5, 0.6) is 0 Å². The molecule has 142 valence electrons. The Morgan fingerprint density at radius 2 is 1.46 bits per heavy atom. The van der Waals surface area contributed by atoms with Gasteiger partial charge in [0.05, 0.1) is 5.69 Å². The van der Waals surface area contributed by atoms with Crippen LogP contribution < -0.4 is 10.6 Å². The van der Waals surface area contributed by atoms with Crippen LogP contribution in [0.4, 0.5) is 16.2 Å². The first-order valence-corrected chi connectivity index (χ1v) is 9.60. The number of anilines is 2. The van der Waals surface area contributed by atoms with Gasteiger partial charge in [0, 0.05) is 30.1 Å². The number of piperidine rings is 1. The van der Waals surface area contributed by atoms with E-state index >= 15 is 0 Å². The molecule has 0 radical (unpaired) electrons. The number of hydrogen-bond donors (Lipinski definition) is 2. The predicted molar refractivity (Wildman–Crippen MR) is 112 cm³/mol. The number of carbonyl (C=O) groups is 2. The third-order valence-corrected chi connectivity index (χ3v) is 5.23. The Kier molecular flexibility index (Phi) is 5.24. The van der Waals surface area contributed by atoms with Crippen molar-refractivity contribution in [1.82, 2.24) is 4.90 Å². The van der Waals surface area contributed by atoms with Crippen molar-refractivity contribution in [2.45, 2.75) is 12.8 Å². The van der Waals surface area contributed by atoms with E-state index in [1.807, 2.05) is 72.8 Å². The molecule has 1 aliphatic heterocycles. The normalized spacial score (nSPS) is 14.6. The van der Waals surface area contributed by atoms with Gasteiger partial charge in [-0.25, -0.2) is 4.79 Å². The fourth-order valence-corrected chi connectivity index (χ4v) is 3.64. The van der Waals surface area contributed by atoms with Crippen molar-refractivity contribution in [1.29, 1.82) is 0 Å². The summed E-state index contributed by atoms with van der Waals surface area (Å²) in [6, 6.07) is 23.2. The van der Waals surface area contributed by atoms with Gasteiger partial charge in [-0.3, -0.25) is 4.79 Å². The number of benzene rings is 3. The molecule has 4 rings (SSSR count). The van der Waals surface area contributed by atoms with Crippen molar-refractivity contribution in [3.63, 3.8) is 0 Å². The zero-order valence-electron chi connectivity index (χ0n) is 15.6. The quantitative estimate of drug-likeness (QED) is 0.698. The summed E-state index contributed by atoms with van der Waals surface area (Å²) in [5.74, 6) is -0.0397. The maximum atomic E-state index is 12.7. The zero-order chi connectivity index (χ0) is 19.3. The van der Waals surface area contributed by atoms with Crippen LogP contribution in [0.3, 0.4) is 0 Å². The Hall–Kier alpha value is -3.34. The van der Waals surface area contributed by atoms with E-state index in [0.29, 0.717) is 25.9 Å². The molecule has 0 unspecified atom stereocenters. The summed E-state index contributed by atoms with van der Waals surface area (Å²) in [4.78, 5) is 26.9. The van der Waals surface area contributed by atoms with Crippen LogP contribution in [0.25, 0.3) is 10.8 Å². The maximum Gasteiger partial charge on any atom is 0.321 e. The molecular formula is C23H23N3O2. The van der Waals surface area contributed by atoms with Crippen LogP contribution in [0.2, 0.25) is 0 Å². The van der Waals surface area contributed by atoms with Gasteiger partial charge >= 0.3 is 6.03 Å². The summed E-state index contributed by atoms with van der Waals surface area (Å²) >= 11 is 0. The van der Waals surface area contributed by atoms with E-state index in [1.165, 1.54) is 0 Å². The number of amides is 3. The highest BCUT2D eigenvalue weighted by Gasteiger charge is 2.27. The van der Waals surface area contributed by atoms with E-state index in [-0.39, 0.29) is 17.9 Å². The summed E-state index contributed by atoms with van der Waals surface area (Å²) in [5, 5.41) is 8.10. The van der Waals surface area contributed by atoms with Gasteiger partial charge in [-0.05, 0) is 36.4 Å². The van der Waals surface area contributed by atoms with Gasteiger partial charge in [0.2, 0.25) is 5.91 Å². The van der Waals surface area contributed by atoms with Gasteiger partial charge < -0.3 is 15.5 Å². The predicted octanol–water partition coefficient (Wildman–Crippen LogP) is 4.72. The van der Waals surface area contributed by atoms with Crippen LogP contribution >= 0.6 is 0 Å². The fourth-order valence-electron chi connectivity index (χ4n) is 3.64. The highest BCUT2D eigenvalue weighted by atomic mass is 16.2. The number of urea groups is 1. The molecule has 2 N–H and O–H groups in total. The molecule has 0 saturated carbocycles. The van der Waals surface area contributed by atoms with E-state index in [1.54, 1.807) is 4.90 Å². The molecule has 0 spiro atoms. The minimum atomic E-state index is -0.113. The SMILES string of the molecule is O=C(Nc1ccccc1)C1CCN(C(=O)Nc2cccc3ccccc23)CC1. The standard InChI is InChI=1S/C23H23N3O2/c27-22(24-19-9-2-1-3-10-19)18-13-15-26(16-14-18)23(28)25-21-12-6-8-17-7-4-5-11-20(17)21/h1-12,18H,13-16H2,(H,24,27)(H,25,28). The second-order valence-electron chi connectivity index (χ2n) is 7.07. The number of nitrogens with one attached hydrogen (secondary N) is 2. The lowest BCUT2D eigenvalue weighted by atomic mass is 9.96.